The molecule has 2 saturated heterocycles. The van der Waals surface area contributed by atoms with Crippen molar-refractivity contribution >= 4 is 23.3 Å². The molecule has 84 valence electrons. The average molecular weight is 227 g/mol. The van der Waals surface area contributed by atoms with E-state index in [1.54, 1.807) is 0 Å². The highest BCUT2D eigenvalue weighted by atomic mass is 32.2. The van der Waals surface area contributed by atoms with E-state index in [2.05, 4.69) is 4.90 Å². The molecule has 1 N–H and O–H groups in total. The van der Waals surface area contributed by atoms with Crippen LogP contribution in [0.1, 0.15) is 12.8 Å². The first-order chi connectivity index (χ1) is 7.29. The molecule has 0 aliphatic carbocycles. The van der Waals surface area contributed by atoms with Gasteiger partial charge >= 0.3 is 0 Å². The average Bonchev–Trinajstić information content (AvgIpc) is 2.73. The number of amides is 1. The van der Waals surface area contributed by atoms with Gasteiger partial charge in [-0.3, -0.25) is 15.1 Å². The second kappa shape index (κ2) is 4.99. The number of thioether (sulfide) groups is 1. The predicted molar refractivity (Wildman–Crippen MR) is 62.1 cm³/mol. The van der Waals surface area contributed by atoms with Crippen LogP contribution in [0.4, 0.5) is 0 Å². The van der Waals surface area contributed by atoms with E-state index in [0.717, 1.165) is 25.3 Å². The van der Waals surface area contributed by atoms with Gasteiger partial charge in [-0.25, -0.2) is 0 Å². The van der Waals surface area contributed by atoms with Crippen LogP contribution in [0.25, 0.3) is 0 Å². The van der Waals surface area contributed by atoms with Gasteiger partial charge in [-0.2, -0.15) is 0 Å². The zero-order chi connectivity index (χ0) is 10.7. The Kier molecular flexibility index (Phi) is 3.64. The van der Waals surface area contributed by atoms with E-state index in [4.69, 9.17) is 5.41 Å². The lowest BCUT2D eigenvalue weighted by molar-refractivity contribution is -0.115. The monoisotopic (exact) mass is 227 g/mol. The summed E-state index contributed by atoms with van der Waals surface area (Å²) in [5.74, 6) is 1.52. The Morgan fingerprint density at radius 2 is 2.20 bits per heavy atom. The van der Waals surface area contributed by atoms with Gasteiger partial charge in [0.05, 0.1) is 0 Å². The van der Waals surface area contributed by atoms with Crippen molar-refractivity contribution in [3.05, 3.63) is 0 Å². The summed E-state index contributed by atoms with van der Waals surface area (Å²) >= 11 is 1.49. The van der Waals surface area contributed by atoms with Gasteiger partial charge in [0.1, 0.15) is 0 Å². The van der Waals surface area contributed by atoms with Gasteiger partial charge in [-0.05, 0) is 31.8 Å². The maximum absolute atomic E-state index is 10.7. The summed E-state index contributed by atoms with van der Waals surface area (Å²) in [4.78, 5) is 14.7. The fourth-order valence-electron chi connectivity index (χ4n) is 2.23. The number of likely N-dealkylation sites (tertiary alicyclic amines) is 1. The number of nitrogens with one attached hydrogen (secondary N) is 1. The van der Waals surface area contributed by atoms with Crippen molar-refractivity contribution in [1.29, 1.82) is 5.41 Å². The fraction of sp³-hybridized carbons (Fsp3) is 0.800. The predicted octanol–water partition coefficient (Wildman–Crippen LogP) is 0.838. The van der Waals surface area contributed by atoms with E-state index in [1.165, 1.54) is 42.6 Å². The lowest BCUT2D eigenvalue weighted by Gasteiger charge is -2.32. The van der Waals surface area contributed by atoms with Crippen LogP contribution in [0.2, 0.25) is 0 Å². The Labute approximate surface area is 94.5 Å². The molecule has 2 aliphatic rings. The van der Waals surface area contributed by atoms with Crippen molar-refractivity contribution in [2.24, 2.45) is 5.92 Å². The molecule has 15 heavy (non-hydrogen) atoms. The van der Waals surface area contributed by atoms with Crippen LogP contribution >= 0.6 is 11.8 Å². The van der Waals surface area contributed by atoms with E-state index >= 15 is 0 Å². The van der Waals surface area contributed by atoms with Gasteiger partial charge < -0.3 is 4.90 Å². The minimum atomic E-state index is 0.405. The molecule has 2 rings (SSSR count). The number of nitrogens with zero attached hydrogens (tertiary/aromatic N) is 2. The van der Waals surface area contributed by atoms with Crippen molar-refractivity contribution < 1.29 is 4.79 Å². The largest absolute Gasteiger partial charge is 0.303 e. The van der Waals surface area contributed by atoms with Crippen molar-refractivity contribution in [2.75, 3.05) is 31.9 Å². The molecule has 0 aromatic carbocycles. The molecule has 2 fully saturated rings. The molecular formula is C10H17N3OS. The number of rotatable bonds is 3. The van der Waals surface area contributed by atoms with Gasteiger partial charge in [0.2, 0.25) is 6.41 Å². The topological polar surface area (TPSA) is 47.4 Å². The maximum Gasteiger partial charge on any atom is 0.215 e. The molecule has 1 amide bonds. The zero-order valence-electron chi connectivity index (χ0n) is 8.82. The summed E-state index contributed by atoms with van der Waals surface area (Å²) in [5, 5.41) is 7.97. The first-order valence-corrected chi connectivity index (χ1v) is 6.44. The number of hydrogen-bond acceptors (Lipinski definition) is 4. The molecule has 0 aromatic heterocycles. The molecule has 1 unspecified atom stereocenters. The minimum absolute atomic E-state index is 0.405. The third-order valence-corrected chi connectivity index (χ3v) is 4.16. The van der Waals surface area contributed by atoms with E-state index in [0.29, 0.717) is 11.1 Å². The lowest BCUT2D eigenvalue weighted by Crippen LogP contribution is -2.42. The normalized spacial score (nSPS) is 28.4. The van der Waals surface area contributed by atoms with E-state index < -0.39 is 0 Å². The van der Waals surface area contributed by atoms with Crippen molar-refractivity contribution in [1.82, 2.24) is 9.80 Å². The first-order valence-electron chi connectivity index (χ1n) is 5.45. The van der Waals surface area contributed by atoms with Crippen molar-refractivity contribution in [3.63, 3.8) is 0 Å². The minimum Gasteiger partial charge on any atom is -0.303 e. The first kappa shape index (κ1) is 11.0. The number of hydrogen-bond donors (Lipinski definition) is 1. The van der Waals surface area contributed by atoms with Crippen LogP contribution in [-0.4, -0.2) is 53.3 Å². The molecule has 2 aliphatic heterocycles. The molecule has 5 heteroatoms. The Morgan fingerprint density at radius 1 is 1.47 bits per heavy atom. The van der Waals surface area contributed by atoms with Crippen molar-refractivity contribution in [3.8, 4) is 0 Å². The summed E-state index contributed by atoms with van der Waals surface area (Å²) in [7, 11) is 0. The highest BCUT2D eigenvalue weighted by Gasteiger charge is 2.26. The lowest BCUT2D eigenvalue weighted by atomic mass is 10.1. The summed E-state index contributed by atoms with van der Waals surface area (Å²) in [6.45, 7) is 4.23. The van der Waals surface area contributed by atoms with Crippen LogP contribution < -0.4 is 0 Å². The molecule has 0 bridgehead atoms. The molecule has 0 radical (unpaired) electrons. The highest BCUT2D eigenvalue weighted by molar-refractivity contribution is 8.13. The smallest absolute Gasteiger partial charge is 0.215 e. The summed E-state index contributed by atoms with van der Waals surface area (Å²) in [5.41, 5.74) is 0. The third kappa shape index (κ3) is 2.72. The van der Waals surface area contributed by atoms with E-state index in [9.17, 15) is 4.79 Å². The highest BCUT2D eigenvalue weighted by Crippen LogP contribution is 2.22. The number of carbonyl (C=O) groups is 1. The Balaban J connectivity index is 1.82. The van der Waals surface area contributed by atoms with Gasteiger partial charge in [-0.15, -0.1) is 0 Å². The van der Waals surface area contributed by atoms with Crippen LogP contribution in [-0.2, 0) is 4.79 Å². The van der Waals surface area contributed by atoms with Gasteiger partial charge in [0, 0.05) is 18.8 Å². The summed E-state index contributed by atoms with van der Waals surface area (Å²) in [6.07, 6.45) is 3.41. The van der Waals surface area contributed by atoms with E-state index in [1.807, 2.05) is 0 Å². The van der Waals surface area contributed by atoms with Crippen LogP contribution in [0.5, 0.6) is 0 Å². The molecule has 2 heterocycles. The molecule has 4 nitrogen and oxygen atoms in total. The quantitative estimate of drug-likeness (QED) is 0.727. The van der Waals surface area contributed by atoms with Crippen LogP contribution in [0.15, 0.2) is 0 Å². The third-order valence-electron chi connectivity index (χ3n) is 3.01. The summed E-state index contributed by atoms with van der Waals surface area (Å²) in [6, 6.07) is 0. The second-order valence-corrected chi connectivity index (χ2v) is 5.26. The molecule has 0 aromatic rings. The molecule has 1 atom stereocenters. The standard InChI is InChI=1S/C10H17N3OS/c11-10-13(8-14)6-9(7-15-10)5-12-3-1-2-4-12/h8-9,11H,1-7H2. The van der Waals surface area contributed by atoms with E-state index in [-0.39, 0.29) is 0 Å². The fourth-order valence-corrected chi connectivity index (χ4v) is 3.11. The second-order valence-electron chi connectivity index (χ2n) is 4.25. The zero-order valence-corrected chi connectivity index (χ0v) is 9.63. The van der Waals surface area contributed by atoms with Crippen LogP contribution in [0.3, 0.4) is 0 Å². The van der Waals surface area contributed by atoms with Crippen molar-refractivity contribution in [2.45, 2.75) is 12.8 Å². The Hall–Kier alpha value is -0.550. The molecule has 0 spiro atoms. The van der Waals surface area contributed by atoms with Gasteiger partial charge in [-0.1, -0.05) is 11.8 Å². The SMILES string of the molecule is N=C1SCC(CN2CCCC2)CN1C=O. The summed E-state index contributed by atoms with van der Waals surface area (Å²) < 4.78 is 0. The molecule has 0 saturated carbocycles. The number of carbonyl (C=O) groups excluding carboxylic acids is 1. The molecular weight excluding hydrogens is 210 g/mol. The van der Waals surface area contributed by atoms with Gasteiger partial charge in [0.15, 0.2) is 5.17 Å². The van der Waals surface area contributed by atoms with Crippen LogP contribution in [0, 0.1) is 11.3 Å². The van der Waals surface area contributed by atoms with Gasteiger partial charge in [0.25, 0.3) is 0 Å². The Bertz CT molecular complexity index is 253. The maximum atomic E-state index is 10.7. The Morgan fingerprint density at radius 3 is 2.87 bits per heavy atom. The number of amidine groups is 1.